The third-order valence-corrected chi connectivity index (χ3v) is 3.45. The molecule has 0 saturated heterocycles. The van der Waals surface area contributed by atoms with Crippen molar-refractivity contribution in [1.29, 1.82) is 0 Å². The van der Waals surface area contributed by atoms with E-state index in [2.05, 4.69) is 10.6 Å². The Morgan fingerprint density at radius 1 is 1.20 bits per heavy atom. The van der Waals surface area contributed by atoms with Crippen molar-refractivity contribution in [3.05, 3.63) is 52.9 Å². The topological polar surface area (TPSA) is 102 Å². The number of aliphatic hydroxyl groups is 1. The van der Waals surface area contributed by atoms with Crippen molar-refractivity contribution >= 4 is 11.7 Å². The van der Waals surface area contributed by atoms with Crippen LogP contribution in [0.5, 0.6) is 11.5 Å². The number of urea groups is 1. The second-order valence-corrected chi connectivity index (χ2v) is 5.25. The van der Waals surface area contributed by atoms with E-state index in [0.717, 1.165) is 0 Å². The van der Waals surface area contributed by atoms with Gasteiger partial charge in [0.1, 0.15) is 0 Å². The van der Waals surface area contributed by atoms with Gasteiger partial charge in [-0.2, -0.15) is 0 Å². The molecule has 0 aliphatic rings. The standard InChI is InChI=1S/C17H21N3O5/c1-24-14-7-6-12(9-15(14)25-2)19-17(23)18-10-13(21)11-20-8-4-3-5-16(20)22/h3-9,13,21H,10-11H2,1-2H3,(H2,18,19,23). The Balaban J connectivity index is 1.86. The minimum absolute atomic E-state index is 0.000454. The molecule has 8 nitrogen and oxygen atoms in total. The number of anilines is 1. The molecule has 0 radical (unpaired) electrons. The van der Waals surface area contributed by atoms with Gasteiger partial charge in [-0.05, 0) is 18.2 Å². The number of aromatic nitrogens is 1. The number of aliphatic hydroxyl groups excluding tert-OH is 1. The normalized spacial score (nSPS) is 11.5. The molecule has 25 heavy (non-hydrogen) atoms. The second kappa shape index (κ2) is 8.74. The molecule has 0 fully saturated rings. The molecular formula is C17H21N3O5. The highest BCUT2D eigenvalue weighted by Crippen LogP contribution is 2.29. The number of methoxy groups -OCH3 is 2. The highest BCUT2D eigenvalue weighted by molar-refractivity contribution is 5.89. The lowest BCUT2D eigenvalue weighted by Gasteiger charge is -2.14. The zero-order valence-corrected chi connectivity index (χ0v) is 14.1. The number of nitrogens with one attached hydrogen (secondary N) is 2. The maximum absolute atomic E-state index is 11.9. The van der Waals surface area contributed by atoms with Gasteiger partial charge in [0.25, 0.3) is 5.56 Å². The van der Waals surface area contributed by atoms with Crippen LogP contribution < -0.4 is 25.7 Å². The third kappa shape index (κ3) is 5.25. The molecule has 0 aliphatic heterocycles. The molecule has 2 rings (SSSR count). The molecule has 8 heteroatoms. The number of rotatable bonds is 7. The van der Waals surface area contributed by atoms with E-state index in [1.165, 1.54) is 24.9 Å². The predicted octanol–water partition coefficient (Wildman–Crippen LogP) is 1.05. The van der Waals surface area contributed by atoms with Gasteiger partial charge in [0.05, 0.1) is 26.9 Å². The lowest BCUT2D eigenvalue weighted by molar-refractivity contribution is 0.151. The van der Waals surface area contributed by atoms with E-state index in [4.69, 9.17) is 9.47 Å². The van der Waals surface area contributed by atoms with Crippen LogP contribution in [0.2, 0.25) is 0 Å². The van der Waals surface area contributed by atoms with Crippen molar-refractivity contribution in [1.82, 2.24) is 9.88 Å². The van der Waals surface area contributed by atoms with Gasteiger partial charge in [0, 0.05) is 30.6 Å². The fourth-order valence-electron chi connectivity index (χ4n) is 2.20. The summed E-state index contributed by atoms with van der Waals surface area (Å²) in [5.41, 5.74) is 0.306. The first-order chi connectivity index (χ1) is 12.0. The number of hydrogen-bond acceptors (Lipinski definition) is 5. The minimum Gasteiger partial charge on any atom is -0.493 e. The number of carbonyl (C=O) groups is 1. The summed E-state index contributed by atoms with van der Waals surface area (Å²) in [7, 11) is 3.03. The lowest BCUT2D eigenvalue weighted by Crippen LogP contribution is -2.38. The van der Waals surface area contributed by atoms with Crippen LogP contribution in [-0.2, 0) is 6.54 Å². The van der Waals surface area contributed by atoms with Crippen LogP contribution in [0.4, 0.5) is 10.5 Å². The van der Waals surface area contributed by atoms with Crippen LogP contribution in [0.25, 0.3) is 0 Å². The zero-order valence-electron chi connectivity index (χ0n) is 14.1. The average Bonchev–Trinajstić information content (AvgIpc) is 2.62. The Morgan fingerprint density at radius 3 is 2.64 bits per heavy atom. The fourth-order valence-corrected chi connectivity index (χ4v) is 2.20. The minimum atomic E-state index is -0.892. The summed E-state index contributed by atoms with van der Waals surface area (Å²) >= 11 is 0. The second-order valence-electron chi connectivity index (χ2n) is 5.25. The quantitative estimate of drug-likeness (QED) is 0.695. The molecular weight excluding hydrogens is 326 g/mol. The van der Waals surface area contributed by atoms with Gasteiger partial charge in [-0.15, -0.1) is 0 Å². The summed E-state index contributed by atoms with van der Waals surface area (Å²) in [6.45, 7) is 0.0940. The van der Waals surface area contributed by atoms with E-state index in [1.54, 1.807) is 36.5 Å². The highest BCUT2D eigenvalue weighted by atomic mass is 16.5. The third-order valence-electron chi connectivity index (χ3n) is 3.45. The van der Waals surface area contributed by atoms with Crippen LogP contribution in [0.15, 0.2) is 47.4 Å². The smallest absolute Gasteiger partial charge is 0.319 e. The number of pyridine rings is 1. The summed E-state index contributed by atoms with van der Waals surface area (Å²) in [5.74, 6) is 1.04. The van der Waals surface area contributed by atoms with E-state index in [-0.39, 0.29) is 18.6 Å². The first kappa shape index (κ1) is 18.3. The molecule has 0 aliphatic carbocycles. The van der Waals surface area contributed by atoms with Gasteiger partial charge in [-0.25, -0.2) is 4.79 Å². The molecule has 1 aromatic carbocycles. The van der Waals surface area contributed by atoms with E-state index >= 15 is 0 Å². The molecule has 0 spiro atoms. The summed E-state index contributed by atoms with van der Waals surface area (Å²) < 4.78 is 11.7. The van der Waals surface area contributed by atoms with Gasteiger partial charge in [-0.1, -0.05) is 6.07 Å². The Hall–Kier alpha value is -3.00. The molecule has 1 heterocycles. The van der Waals surface area contributed by atoms with Crippen LogP contribution in [0.3, 0.4) is 0 Å². The maximum atomic E-state index is 11.9. The number of hydrogen-bond donors (Lipinski definition) is 3. The van der Waals surface area contributed by atoms with Crippen molar-refractivity contribution in [3.8, 4) is 11.5 Å². The van der Waals surface area contributed by atoms with Crippen LogP contribution in [0.1, 0.15) is 0 Å². The van der Waals surface area contributed by atoms with E-state index < -0.39 is 12.1 Å². The Kier molecular flexibility index (Phi) is 6.41. The fraction of sp³-hybridized carbons (Fsp3) is 0.294. The van der Waals surface area contributed by atoms with Crippen molar-refractivity contribution in [3.63, 3.8) is 0 Å². The number of nitrogens with zero attached hydrogens (tertiary/aromatic N) is 1. The Bertz CT molecular complexity index is 775. The van der Waals surface area contributed by atoms with Gasteiger partial charge in [0.2, 0.25) is 0 Å². The largest absolute Gasteiger partial charge is 0.493 e. The molecule has 0 bridgehead atoms. The first-order valence-electron chi connectivity index (χ1n) is 7.64. The Morgan fingerprint density at radius 2 is 1.96 bits per heavy atom. The van der Waals surface area contributed by atoms with Crippen molar-refractivity contribution < 1.29 is 19.4 Å². The summed E-state index contributed by atoms with van der Waals surface area (Å²) in [6, 6.07) is 9.21. The van der Waals surface area contributed by atoms with E-state index in [9.17, 15) is 14.7 Å². The molecule has 1 unspecified atom stereocenters. The molecule has 3 N–H and O–H groups in total. The SMILES string of the molecule is COc1ccc(NC(=O)NCC(O)Cn2ccccc2=O)cc1OC. The molecule has 2 aromatic rings. The summed E-state index contributed by atoms with van der Waals surface area (Å²) in [5, 5.41) is 15.1. The number of carbonyl (C=O) groups excluding carboxylic acids is 1. The maximum Gasteiger partial charge on any atom is 0.319 e. The summed E-state index contributed by atoms with van der Waals surface area (Å²) in [6.07, 6.45) is 0.686. The molecule has 1 aromatic heterocycles. The summed E-state index contributed by atoms with van der Waals surface area (Å²) in [4.78, 5) is 23.5. The Labute approximate surface area is 145 Å². The van der Waals surface area contributed by atoms with Gasteiger partial charge >= 0.3 is 6.03 Å². The van der Waals surface area contributed by atoms with E-state index in [0.29, 0.717) is 17.2 Å². The van der Waals surface area contributed by atoms with Crippen molar-refractivity contribution in [2.24, 2.45) is 0 Å². The number of benzene rings is 1. The van der Waals surface area contributed by atoms with Crippen LogP contribution in [-0.4, -0.2) is 42.6 Å². The van der Waals surface area contributed by atoms with Gasteiger partial charge < -0.3 is 29.8 Å². The van der Waals surface area contributed by atoms with Crippen LogP contribution >= 0.6 is 0 Å². The van der Waals surface area contributed by atoms with E-state index in [1.807, 2.05) is 0 Å². The van der Waals surface area contributed by atoms with Crippen molar-refractivity contribution in [2.45, 2.75) is 12.6 Å². The molecule has 0 saturated carbocycles. The molecule has 1 atom stereocenters. The zero-order chi connectivity index (χ0) is 18.2. The van der Waals surface area contributed by atoms with Crippen molar-refractivity contribution in [2.75, 3.05) is 26.1 Å². The highest BCUT2D eigenvalue weighted by Gasteiger charge is 2.10. The molecule has 2 amide bonds. The monoisotopic (exact) mass is 347 g/mol. The average molecular weight is 347 g/mol. The first-order valence-corrected chi connectivity index (χ1v) is 7.64. The van der Waals surface area contributed by atoms with Crippen LogP contribution in [0, 0.1) is 0 Å². The number of ether oxygens (including phenoxy) is 2. The lowest BCUT2D eigenvalue weighted by atomic mass is 10.2. The predicted molar refractivity (Wildman–Crippen MR) is 93.3 cm³/mol. The molecule has 134 valence electrons. The van der Waals surface area contributed by atoms with Gasteiger partial charge in [0.15, 0.2) is 11.5 Å². The van der Waals surface area contributed by atoms with Gasteiger partial charge in [-0.3, -0.25) is 4.79 Å². The number of amides is 2.